The maximum absolute atomic E-state index is 10.8. The molecule has 1 aromatic heterocycles. The van der Waals surface area contributed by atoms with E-state index < -0.39 is 5.97 Å². The van der Waals surface area contributed by atoms with Gasteiger partial charge in [0.25, 0.3) is 0 Å². The number of pyridine rings is 1. The quantitative estimate of drug-likeness (QED) is 0.898. The first-order valence-corrected chi connectivity index (χ1v) is 6.75. The van der Waals surface area contributed by atoms with Crippen LogP contribution in [0, 0.1) is 0 Å². The molecule has 102 valence electrons. The monoisotopic (exact) mass is 268 g/mol. The van der Waals surface area contributed by atoms with E-state index in [1.54, 1.807) is 12.1 Å². The average Bonchev–Trinajstić information content (AvgIpc) is 2.48. The van der Waals surface area contributed by atoms with Crippen molar-refractivity contribution in [2.75, 3.05) is 5.32 Å². The van der Waals surface area contributed by atoms with Gasteiger partial charge in [0.15, 0.2) is 0 Å². The predicted octanol–water partition coefficient (Wildman–Crippen LogP) is 2.75. The number of carbonyl (C=O) groups is 1. The minimum atomic E-state index is -0.948. The van der Waals surface area contributed by atoms with Crippen LogP contribution in [0.25, 0.3) is 0 Å². The standard InChI is InChI=1S/C16H16N2O2/c19-16(20)13-6-8-15(17-10-13)18-14-7-5-11-3-1-2-4-12(11)9-14/h1-4,6,8,10,14H,5,7,9H2,(H,17,18)(H,19,20). The molecule has 3 rings (SSSR count). The van der Waals surface area contributed by atoms with Crippen molar-refractivity contribution in [1.29, 1.82) is 0 Å². The minimum absolute atomic E-state index is 0.213. The summed E-state index contributed by atoms with van der Waals surface area (Å²) in [5.74, 6) is -0.213. The van der Waals surface area contributed by atoms with E-state index in [0.717, 1.165) is 25.1 Å². The summed E-state index contributed by atoms with van der Waals surface area (Å²) < 4.78 is 0. The molecular formula is C16H16N2O2. The summed E-state index contributed by atoms with van der Waals surface area (Å²) in [6, 6.07) is 12.2. The maximum Gasteiger partial charge on any atom is 0.337 e. The number of aromatic nitrogens is 1. The Morgan fingerprint density at radius 3 is 2.70 bits per heavy atom. The van der Waals surface area contributed by atoms with Crippen LogP contribution in [0.3, 0.4) is 0 Å². The highest BCUT2D eigenvalue weighted by atomic mass is 16.4. The van der Waals surface area contributed by atoms with Crippen LogP contribution in [-0.4, -0.2) is 22.1 Å². The second kappa shape index (κ2) is 5.33. The van der Waals surface area contributed by atoms with Crippen LogP contribution in [0.1, 0.15) is 27.9 Å². The van der Waals surface area contributed by atoms with Crippen LogP contribution in [-0.2, 0) is 12.8 Å². The molecule has 0 saturated heterocycles. The summed E-state index contributed by atoms with van der Waals surface area (Å²) in [5.41, 5.74) is 3.03. The molecule has 0 amide bonds. The number of rotatable bonds is 3. The molecule has 1 aliphatic carbocycles. The lowest BCUT2D eigenvalue weighted by Gasteiger charge is -2.25. The van der Waals surface area contributed by atoms with Crippen molar-refractivity contribution in [2.45, 2.75) is 25.3 Å². The van der Waals surface area contributed by atoms with Gasteiger partial charge in [0.05, 0.1) is 5.56 Å². The van der Waals surface area contributed by atoms with Crippen LogP contribution in [0.15, 0.2) is 42.6 Å². The summed E-state index contributed by atoms with van der Waals surface area (Å²) in [4.78, 5) is 14.9. The fourth-order valence-electron chi connectivity index (χ4n) is 2.64. The molecule has 2 aromatic rings. The Hall–Kier alpha value is -2.36. The number of anilines is 1. The van der Waals surface area contributed by atoms with Crippen molar-refractivity contribution in [3.05, 3.63) is 59.3 Å². The van der Waals surface area contributed by atoms with Crippen LogP contribution >= 0.6 is 0 Å². The lowest BCUT2D eigenvalue weighted by molar-refractivity contribution is 0.0696. The molecule has 20 heavy (non-hydrogen) atoms. The molecule has 2 N–H and O–H groups in total. The summed E-state index contributed by atoms with van der Waals surface area (Å²) >= 11 is 0. The molecule has 1 aliphatic rings. The van der Waals surface area contributed by atoms with Crippen molar-refractivity contribution in [1.82, 2.24) is 4.98 Å². The highest BCUT2D eigenvalue weighted by molar-refractivity contribution is 5.87. The fraction of sp³-hybridized carbons (Fsp3) is 0.250. The molecule has 1 atom stereocenters. The Morgan fingerprint density at radius 1 is 1.20 bits per heavy atom. The Morgan fingerprint density at radius 2 is 2.00 bits per heavy atom. The molecule has 0 spiro atoms. The second-order valence-electron chi connectivity index (χ2n) is 5.09. The van der Waals surface area contributed by atoms with Gasteiger partial charge in [-0.1, -0.05) is 24.3 Å². The summed E-state index contributed by atoms with van der Waals surface area (Å²) in [5, 5.41) is 12.2. The minimum Gasteiger partial charge on any atom is -0.478 e. The van der Waals surface area contributed by atoms with Crippen LogP contribution < -0.4 is 5.32 Å². The molecular weight excluding hydrogens is 252 g/mol. The zero-order valence-electron chi connectivity index (χ0n) is 11.0. The average molecular weight is 268 g/mol. The topological polar surface area (TPSA) is 62.2 Å². The number of nitrogens with one attached hydrogen (secondary N) is 1. The maximum atomic E-state index is 10.8. The van der Waals surface area contributed by atoms with Gasteiger partial charge in [-0.15, -0.1) is 0 Å². The van der Waals surface area contributed by atoms with Crippen molar-refractivity contribution in [2.24, 2.45) is 0 Å². The number of aromatic carboxylic acids is 1. The molecule has 1 heterocycles. The zero-order valence-corrected chi connectivity index (χ0v) is 11.0. The summed E-state index contributed by atoms with van der Waals surface area (Å²) in [7, 11) is 0. The predicted molar refractivity (Wildman–Crippen MR) is 77.1 cm³/mol. The van der Waals surface area contributed by atoms with Gasteiger partial charge in [-0.25, -0.2) is 9.78 Å². The Kier molecular flexibility index (Phi) is 3.37. The van der Waals surface area contributed by atoms with E-state index in [9.17, 15) is 4.79 Å². The third-order valence-electron chi connectivity index (χ3n) is 3.71. The van der Waals surface area contributed by atoms with E-state index in [0.29, 0.717) is 6.04 Å². The molecule has 4 heteroatoms. The number of carboxylic acid groups (broad SMARTS) is 1. The first-order chi connectivity index (χ1) is 9.72. The number of fused-ring (bicyclic) bond motifs is 1. The van der Waals surface area contributed by atoms with Gasteiger partial charge >= 0.3 is 5.97 Å². The molecule has 1 aromatic carbocycles. The van der Waals surface area contributed by atoms with Crippen LogP contribution in [0.5, 0.6) is 0 Å². The third-order valence-corrected chi connectivity index (χ3v) is 3.71. The Balaban J connectivity index is 1.69. The normalized spacial score (nSPS) is 17.3. The van der Waals surface area contributed by atoms with Gasteiger partial charge in [0, 0.05) is 12.2 Å². The van der Waals surface area contributed by atoms with Gasteiger partial charge < -0.3 is 10.4 Å². The molecule has 0 aliphatic heterocycles. The SMILES string of the molecule is O=C(O)c1ccc(NC2CCc3ccccc3C2)nc1. The highest BCUT2D eigenvalue weighted by Gasteiger charge is 2.18. The number of hydrogen-bond acceptors (Lipinski definition) is 3. The molecule has 1 unspecified atom stereocenters. The van der Waals surface area contributed by atoms with Gasteiger partial charge in [-0.2, -0.15) is 0 Å². The lowest BCUT2D eigenvalue weighted by Crippen LogP contribution is -2.27. The molecule has 4 nitrogen and oxygen atoms in total. The van der Waals surface area contributed by atoms with Gasteiger partial charge in [0.2, 0.25) is 0 Å². The lowest BCUT2D eigenvalue weighted by atomic mass is 9.88. The highest BCUT2D eigenvalue weighted by Crippen LogP contribution is 2.23. The molecule has 0 radical (unpaired) electrons. The van der Waals surface area contributed by atoms with Crippen molar-refractivity contribution in [3.8, 4) is 0 Å². The zero-order chi connectivity index (χ0) is 13.9. The first-order valence-electron chi connectivity index (χ1n) is 6.75. The van der Waals surface area contributed by atoms with E-state index in [1.165, 1.54) is 17.3 Å². The van der Waals surface area contributed by atoms with E-state index in [1.807, 2.05) is 0 Å². The Labute approximate surface area is 117 Å². The smallest absolute Gasteiger partial charge is 0.337 e. The number of carboxylic acids is 1. The van der Waals surface area contributed by atoms with E-state index >= 15 is 0 Å². The van der Waals surface area contributed by atoms with E-state index in [4.69, 9.17) is 5.11 Å². The summed E-state index contributed by atoms with van der Waals surface area (Å²) in [6.07, 6.45) is 4.51. The fourth-order valence-corrected chi connectivity index (χ4v) is 2.64. The third kappa shape index (κ3) is 2.64. The van der Waals surface area contributed by atoms with Crippen molar-refractivity contribution >= 4 is 11.8 Å². The summed E-state index contributed by atoms with van der Waals surface area (Å²) in [6.45, 7) is 0. The van der Waals surface area contributed by atoms with Crippen molar-refractivity contribution < 1.29 is 9.90 Å². The van der Waals surface area contributed by atoms with Gasteiger partial charge in [0.1, 0.15) is 5.82 Å². The van der Waals surface area contributed by atoms with Gasteiger partial charge in [-0.3, -0.25) is 0 Å². The van der Waals surface area contributed by atoms with Crippen molar-refractivity contribution in [3.63, 3.8) is 0 Å². The van der Waals surface area contributed by atoms with Crippen LogP contribution in [0.2, 0.25) is 0 Å². The van der Waals surface area contributed by atoms with Crippen LogP contribution in [0.4, 0.5) is 5.82 Å². The number of aryl methyl sites for hydroxylation is 1. The Bertz CT molecular complexity index is 623. The largest absolute Gasteiger partial charge is 0.478 e. The van der Waals surface area contributed by atoms with E-state index in [-0.39, 0.29) is 5.56 Å². The number of benzene rings is 1. The molecule has 0 fully saturated rings. The second-order valence-corrected chi connectivity index (χ2v) is 5.09. The molecule has 0 saturated carbocycles. The van der Waals surface area contributed by atoms with E-state index in [2.05, 4.69) is 34.6 Å². The number of nitrogens with zero attached hydrogens (tertiary/aromatic N) is 1. The van der Waals surface area contributed by atoms with Gasteiger partial charge in [-0.05, 0) is 42.5 Å². The number of hydrogen-bond donors (Lipinski definition) is 2. The first kappa shape index (κ1) is 12.7. The molecule has 0 bridgehead atoms.